The first-order chi connectivity index (χ1) is 15.0. The van der Waals surface area contributed by atoms with Gasteiger partial charge in [-0.15, -0.1) is 0 Å². The fourth-order valence-electron chi connectivity index (χ4n) is 3.11. The number of hydrogen-bond acceptors (Lipinski definition) is 4. The van der Waals surface area contributed by atoms with Crippen molar-refractivity contribution < 1.29 is 14.4 Å². The third-order valence-electron chi connectivity index (χ3n) is 4.46. The Hall–Kier alpha value is -4.66. The molecule has 0 aliphatic carbocycles. The molecular formula is C22H18N6O3. The molecule has 2 heterocycles. The number of carbonyl (C=O) groups is 3. The Morgan fingerprint density at radius 1 is 0.806 bits per heavy atom. The number of aromatic amines is 1. The van der Waals surface area contributed by atoms with Crippen molar-refractivity contribution >= 4 is 45.9 Å². The number of carbonyl (C=O) groups excluding carboxylic acids is 3. The summed E-state index contributed by atoms with van der Waals surface area (Å²) in [6.45, 7) is 0. The molecule has 6 N–H and O–H groups in total. The van der Waals surface area contributed by atoms with Crippen LogP contribution in [0.5, 0.6) is 0 Å². The number of primary amides is 1. The van der Waals surface area contributed by atoms with Gasteiger partial charge in [-0.3, -0.25) is 14.6 Å². The minimum absolute atomic E-state index is 0.302. The molecule has 0 bridgehead atoms. The summed E-state index contributed by atoms with van der Waals surface area (Å²) >= 11 is 0. The molecule has 4 aromatic rings. The minimum Gasteiger partial charge on any atom is -0.359 e. The summed E-state index contributed by atoms with van der Waals surface area (Å²) in [4.78, 5) is 43.5. The Bertz CT molecular complexity index is 1300. The Morgan fingerprint density at radius 2 is 1.48 bits per heavy atom. The summed E-state index contributed by atoms with van der Waals surface area (Å²) in [5.74, 6) is -0.678. The van der Waals surface area contributed by atoms with Crippen LogP contribution in [0.15, 0.2) is 73.1 Å². The number of benzene rings is 2. The summed E-state index contributed by atoms with van der Waals surface area (Å²) in [7, 11) is 0. The predicted octanol–water partition coefficient (Wildman–Crippen LogP) is 3.56. The van der Waals surface area contributed by atoms with Crippen molar-refractivity contribution in [3.8, 4) is 0 Å². The molecule has 9 nitrogen and oxygen atoms in total. The van der Waals surface area contributed by atoms with Gasteiger partial charge in [0.1, 0.15) is 0 Å². The molecule has 0 saturated heterocycles. The third kappa shape index (κ3) is 4.51. The molecule has 4 amide bonds. The van der Waals surface area contributed by atoms with Gasteiger partial charge in [-0.1, -0.05) is 12.1 Å². The number of urea groups is 1. The number of H-pyrrole nitrogens is 1. The first-order valence-corrected chi connectivity index (χ1v) is 9.31. The molecule has 0 saturated carbocycles. The van der Waals surface area contributed by atoms with E-state index in [4.69, 9.17) is 5.73 Å². The van der Waals surface area contributed by atoms with Crippen LogP contribution in [0.2, 0.25) is 0 Å². The second kappa shape index (κ2) is 8.37. The maximum Gasteiger partial charge on any atom is 0.316 e. The van der Waals surface area contributed by atoms with E-state index in [1.54, 1.807) is 67.0 Å². The fraction of sp³-hybridized carbons (Fsp3) is 0. The maximum atomic E-state index is 12.7. The first kappa shape index (κ1) is 19.6. The summed E-state index contributed by atoms with van der Waals surface area (Å²) in [5.41, 5.74) is 8.67. The summed E-state index contributed by atoms with van der Waals surface area (Å²) in [5, 5.41) is 8.02. The predicted molar refractivity (Wildman–Crippen MR) is 118 cm³/mol. The van der Waals surface area contributed by atoms with Crippen LogP contribution in [-0.2, 0) is 0 Å². The van der Waals surface area contributed by atoms with Crippen molar-refractivity contribution in [1.82, 2.24) is 9.97 Å². The van der Waals surface area contributed by atoms with Gasteiger partial charge in [0.25, 0.3) is 11.8 Å². The van der Waals surface area contributed by atoms with Gasteiger partial charge < -0.3 is 26.7 Å². The number of nitrogens with two attached hydrogens (primary N) is 1. The van der Waals surface area contributed by atoms with Gasteiger partial charge in [-0.2, -0.15) is 0 Å². The second-order valence-corrected chi connectivity index (χ2v) is 6.66. The molecule has 0 unspecified atom stereocenters. The smallest absolute Gasteiger partial charge is 0.316 e. The monoisotopic (exact) mass is 414 g/mol. The van der Waals surface area contributed by atoms with E-state index in [0.717, 1.165) is 0 Å². The van der Waals surface area contributed by atoms with Crippen LogP contribution in [0, 0.1) is 0 Å². The van der Waals surface area contributed by atoms with Crippen molar-refractivity contribution in [2.45, 2.75) is 0 Å². The van der Waals surface area contributed by atoms with Crippen molar-refractivity contribution in [1.29, 1.82) is 0 Å². The van der Waals surface area contributed by atoms with E-state index in [2.05, 4.69) is 25.9 Å². The molecule has 0 spiro atoms. The maximum absolute atomic E-state index is 12.7. The van der Waals surface area contributed by atoms with Crippen LogP contribution in [0.4, 0.5) is 21.9 Å². The van der Waals surface area contributed by atoms with Crippen molar-refractivity contribution in [3.05, 3.63) is 84.2 Å². The van der Waals surface area contributed by atoms with Gasteiger partial charge in [0, 0.05) is 35.0 Å². The number of anilines is 3. The molecular weight excluding hydrogens is 396 g/mol. The molecule has 9 heteroatoms. The van der Waals surface area contributed by atoms with Crippen LogP contribution in [-0.4, -0.2) is 27.8 Å². The Balaban J connectivity index is 1.48. The zero-order valence-electron chi connectivity index (χ0n) is 16.2. The van der Waals surface area contributed by atoms with Crippen LogP contribution in [0.3, 0.4) is 0 Å². The lowest BCUT2D eigenvalue weighted by molar-refractivity contribution is 0.102. The number of pyridine rings is 1. The highest BCUT2D eigenvalue weighted by atomic mass is 16.2. The van der Waals surface area contributed by atoms with Gasteiger partial charge in [0.05, 0.1) is 16.6 Å². The van der Waals surface area contributed by atoms with Crippen LogP contribution in [0.25, 0.3) is 11.0 Å². The van der Waals surface area contributed by atoms with Crippen LogP contribution >= 0.6 is 0 Å². The quantitative estimate of drug-likeness (QED) is 0.340. The van der Waals surface area contributed by atoms with E-state index < -0.39 is 6.03 Å². The minimum atomic E-state index is -0.716. The van der Waals surface area contributed by atoms with E-state index in [1.807, 2.05) is 0 Å². The number of hydrogen-bond donors (Lipinski definition) is 5. The van der Waals surface area contributed by atoms with E-state index >= 15 is 0 Å². The Kier molecular flexibility index (Phi) is 5.31. The highest BCUT2D eigenvalue weighted by Gasteiger charge is 2.13. The molecule has 0 aliphatic rings. The van der Waals surface area contributed by atoms with E-state index in [9.17, 15) is 14.4 Å². The summed E-state index contributed by atoms with van der Waals surface area (Å²) < 4.78 is 0. The normalized spacial score (nSPS) is 10.5. The van der Waals surface area contributed by atoms with Crippen LogP contribution < -0.4 is 21.7 Å². The lowest BCUT2D eigenvalue weighted by Crippen LogP contribution is -2.20. The molecule has 4 rings (SSSR count). The number of rotatable bonds is 5. The zero-order chi connectivity index (χ0) is 21.8. The largest absolute Gasteiger partial charge is 0.359 e. The molecule has 0 atom stereocenters. The van der Waals surface area contributed by atoms with Crippen molar-refractivity contribution in [2.24, 2.45) is 5.73 Å². The lowest BCUT2D eigenvalue weighted by atomic mass is 10.1. The van der Waals surface area contributed by atoms with Gasteiger partial charge in [-0.05, 0) is 48.5 Å². The fourth-order valence-corrected chi connectivity index (χ4v) is 3.11. The second-order valence-electron chi connectivity index (χ2n) is 6.66. The van der Waals surface area contributed by atoms with Crippen molar-refractivity contribution in [2.75, 3.05) is 16.0 Å². The van der Waals surface area contributed by atoms with Crippen molar-refractivity contribution in [3.63, 3.8) is 0 Å². The topological polar surface area (TPSA) is 142 Å². The summed E-state index contributed by atoms with van der Waals surface area (Å²) in [6.07, 6.45) is 3.29. The number of aromatic nitrogens is 2. The Morgan fingerprint density at radius 3 is 2.23 bits per heavy atom. The van der Waals surface area contributed by atoms with Gasteiger partial charge in [-0.25, -0.2) is 4.79 Å². The zero-order valence-corrected chi connectivity index (χ0v) is 16.2. The molecule has 0 radical (unpaired) electrons. The molecule has 31 heavy (non-hydrogen) atoms. The highest BCUT2D eigenvalue weighted by molar-refractivity contribution is 6.11. The first-order valence-electron chi connectivity index (χ1n) is 9.31. The molecule has 0 aliphatic heterocycles. The Labute approximate surface area is 176 Å². The molecule has 2 aromatic carbocycles. The number of amides is 4. The van der Waals surface area contributed by atoms with Gasteiger partial charge >= 0.3 is 6.03 Å². The average Bonchev–Trinajstić information content (AvgIpc) is 3.22. The highest BCUT2D eigenvalue weighted by Crippen LogP contribution is 2.20. The number of nitrogens with zero attached hydrogens (tertiary/aromatic N) is 1. The van der Waals surface area contributed by atoms with Gasteiger partial charge in [0.2, 0.25) is 0 Å². The lowest BCUT2D eigenvalue weighted by Gasteiger charge is -2.10. The standard InChI is InChI=1S/C22H18N6O3/c23-22(31)28-14-4-1-3-13(11-14)20(29)26-15-5-2-6-16(12-15)27-21(30)17-7-9-24-18-8-10-25-19(17)18/h1-12,25H,(H,26,29)(H,27,30)(H3,23,28,31). The number of fused-ring (bicyclic) bond motifs is 1. The van der Waals surface area contributed by atoms with E-state index in [0.29, 0.717) is 39.2 Å². The van der Waals surface area contributed by atoms with E-state index in [1.165, 1.54) is 6.07 Å². The molecule has 154 valence electrons. The molecule has 0 fully saturated rings. The average molecular weight is 414 g/mol. The van der Waals surface area contributed by atoms with Crippen LogP contribution in [0.1, 0.15) is 20.7 Å². The SMILES string of the molecule is NC(=O)Nc1cccc(C(=O)Nc2cccc(NC(=O)c3ccnc4cc[nH]c34)c2)c1. The molecule has 2 aromatic heterocycles. The summed E-state index contributed by atoms with van der Waals surface area (Å²) in [6, 6.07) is 15.9. The van der Waals surface area contributed by atoms with Gasteiger partial charge in [0.15, 0.2) is 0 Å². The third-order valence-corrected chi connectivity index (χ3v) is 4.46. The number of nitrogens with one attached hydrogen (secondary N) is 4. The van der Waals surface area contributed by atoms with E-state index in [-0.39, 0.29) is 11.8 Å².